The summed E-state index contributed by atoms with van der Waals surface area (Å²) in [7, 11) is 0. The third-order valence-corrected chi connectivity index (χ3v) is 2.13. The highest BCUT2D eigenvalue weighted by molar-refractivity contribution is 5.78. The van der Waals surface area contributed by atoms with Crippen molar-refractivity contribution < 1.29 is 4.79 Å². The first kappa shape index (κ1) is 12.3. The Morgan fingerprint density at radius 3 is 2.62 bits per heavy atom. The first-order chi connectivity index (χ1) is 6.24. The molecule has 0 bridgehead atoms. The molecule has 0 aromatic carbocycles. The zero-order valence-corrected chi connectivity index (χ0v) is 8.37. The van der Waals surface area contributed by atoms with Crippen LogP contribution in [0.25, 0.3) is 5.53 Å². The predicted molar refractivity (Wildman–Crippen MR) is 54.4 cm³/mol. The van der Waals surface area contributed by atoms with Crippen LogP contribution in [-0.2, 0) is 0 Å². The third kappa shape index (κ3) is 6.46. The Balaban J connectivity index is 3.49. The van der Waals surface area contributed by atoms with Crippen molar-refractivity contribution in [3.8, 4) is 0 Å². The molecule has 76 valence electrons. The van der Waals surface area contributed by atoms with Crippen LogP contribution in [-0.4, -0.2) is 23.1 Å². The second-order valence-corrected chi connectivity index (χ2v) is 3.25. The Kier molecular flexibility index (Phi) is 7.50. The maximum absolute atomic E-state index is 8.53. The summed E-state index contributed by atoms with van der Waals surface area (Å²) in [6.45, 7) is 2.63. The number of nitrogens with zero attached hydrogens (tertiary/aromatic N) is 2. The van der Waals surface area contributed by atoms with E-state index < -0.39 is 0 Å². The van der Waals surface area contributed by atoms with Gasteiger partial charge in [-0.3, -0.25) is 0 Å². The molecule has 0 heterocycles. The molecular formula is C9H20N4. The van der Waals surface area contributed by atoms with Crippen LogP contribution >= 0.6 is 0 Å². The number of hydrogen-bond donors (Lipinski definition) is 2. The van der Waals surface area contributed by atoms with Crippen molar-refractivity contribution >= 4 is 5.71 Å². The van der Waals surface area contributed by atoms with Crippen molar-refractivity contribution in [3.63, 3.8) is 0 Å². The smallest absolute Gasteiger partial charge is 0.268 e. The molecule has 0 amide bonds. The van der Waals surface area contributed by atoms with E-state index in [1.165, 1.54) is 0 Å². The second-order valence-electron chi connectivity index (χ2n) is 3.25. The minimum Gasteiger partial charge on any atom is -0.362 e. The summed E-state index contributed by atoms with van der Waals surface area (Å²) < 4.78 is 0. The van der Waals surface area contributed by atoms with E-state index in [0.29, 0.717) is 6.54 Å². The lowest BCUT2D eigenvalue weighted by Gasteiger charge is -2.07. The topological polar surface area (TPSA) is 88.4 Å². The fraction of sp³-hybridized carbons (Fsp3) is 0.889. The van der Waals surface area contributed by atoms with Crippen molar-refractivity contribution in [2.45, 2.75) is 45.1 Å². The van der Waals surface area contributed by atoms with E-state index in [2.05, 4.69) is 4.79 Å². The summed E-state index contributed by atoms with van der Waals surface area (Å²) in [5, 5.41) is 0. The summed E-state index contributed by atoms with van der Waals surface area (Å²) in [5.74, 6) is 0. The SMILES string of the molecule is CCC(CCCC(N)CCN)=[N+]=[N-]. The third-order valence-electron chi connectivity index (χ3n) is 2.13. The van der Waals surface area contributed by atoms with Gasteiger partial charge in [-0.05, 0) is 25.8 Å². The maximum Gasteiger partial charge on any atom is 0.268 e. The van der Waals surface area contributed by atoms with Crippen LogP contribution in [0.5, 0.6) is 0 Å². The molecule has 1 atom stereocenters. The summed E-state index contributed by atoms with van der Waals surface area (Å²) in [4.78, 5) is 3.20. The minimum atomic E-state index is 0.196. The Morgan fingerprint density at radius 2 is 2.15 bits per heavy atom. The number of nitrogens with two attached hydrogens (primary N) is 2. The molecule has 0 aliphatic heterocycles. The van der Waals surface area contributed by atoms with Crippen molar-refractivity contribution in [1.29, 1.82) is 0 Å². The molecule has 4 nitrogen and oxygen atoms in total. The first-order valence-corrected chi connectivity index (χ1v) is 4.90. The van der Waals surface area contributed by atoms with E-state index in [1.807, 2.05) is 6.92 Å². The van der Waals surface area contributed by atoms with E-state index in [9.17, 15) is 0 Å². The molecule has 4 heteroatoms. The second kappa shape index (κ2) is 7.92. The van der Waals surface area contributed by atoms with Gasteiger partial charge < -0.3 is 17.0 Å². The summed E-state index contributed by atoms with van der Waals surface area (Å²) in [6.07, 6.45) is 4.45. The van der Waals surface area contributed by atoms with Gasteiger partial charge in [-0.1, -0.05) is 6.92 Å². The predicted octanol–water partition coefficient (Wildman–Crippen LogP) is 0.914. The number of hydrogen-bond acceptors (Lipinski definition) is 2. The van der Waals surface area contributed by atoms with Crippen LogP contribution in [0.3, 0.4) is 0 Å². The molecule has 0 rings (SSSR count). The lowest BCUT2D eigenvalue weighted by Crippen LogP contribution is -2.23. The standard InChI is InChI=1S/C9H20N4/c1-2-9(13-12)5-3-4-8(11)6-7-10/h8H,2-7,10-11H2,1H3. The zero-order chi connectivity index (χ0) is 10.1. The van der Waals surface area contributed by atoms with E-state index in [0.717, 1.165) is 37.8 Å². The van der Waals surface area contributed by atoms with Gasteiger partial charge in [0.05, 0.1) is 0 Å². The zero-order valence-electron chi connectivity index (χ0n) is 8.37. The molecule has 0 radical (unpaired) electrons. The molecule has 0 aromatic heterocycles. The molecule has 0 saturated heterocycles. The summed E-state index contributed by atoms with van der Waals surface area (Å²) in [5.41, 5.74) is 20.5. The van der Waals surface area contributed by atoms with Gasteiger partial charge in [0.25, 0.3) is 5.71 Å². The van der Waals surface area contributed by atoms with Crippen LogP contribution in [0.1, 0.15) is 39.0 Å². The average molecular weight is 184 g/mol. The van der Waals surface area contributed by atoms with Gasteiger partial charge in [0.2, 0.25) is 0 Å². The Labute approximate surface area is 79.9 Å². The normalized spacial score (nSPS) is 12.2. The Bertz CT molecular complexity index is 172. The summed E-state index contributed by atoms with van der Waals surface area (Å²) >= 11 is 0. The van der Waals surface area contributed by atoms with Crippen LogP contribution < -0.4 is 11.5 Å². The largest absolute Gasteiger partial charge is 0.362 e. The highest BCUT2D eigenvalue weighted by Gasteiger charge is 2.06. The summed E-state index contributed by atoms with van der Waals surface area (Å²) in [6, 6.07) is 0.196. The van der Waals surface area contributed by atoms with E-state index in [1.54, 1.807) is 0 Å². The molecule has 0 saturated carbocycles. The monoisotopic (exact) mass is 184 g/mol. The quantitative estimate of drug-likeness (QED) is 0.350. The van der Waals surface area contributed by atoms with Crippen molar-refractivity contribution in [3.05, 3.63) is 5.53 Å². The molecular weight excluding hydrogens is 164 g/mol. The maximum atomic E-state index is 8.53. The highest BCUT2D eigenvalue weighted by atomic mass is 14.9. The van der Waals surface area contributed by atoms with Crippen molar-refractivity contribution in [1.82, 2.24) is 0 Å². The van der Waals surface area contributed by atoms with Gasteiger partial charge in [0, 0.05) is 18.9 Å². The van der Waals surface area contributed by atoms with Gasteiger partial charge in [0.15, 0.2) is 0 Å². The fourth-order valence-corrected chi connectivity index (χ4v) is 1.22. The van der Waals surface area contributed by atoms with Crippen LogP contribution in [0.4, 0.5) is 0 Å². The minimum absolute atomic E-state index is 0.196. The molecule has 13 heavy (non-hydrogen) atoms. The Hall–Kier alpha value is -0.700. The molecule has 1 unspecified atom stereocenters. The van der Waals surface area contributed by atoms with Gasteiger partial charge in [-0.15, -0.1) is 0 Å². The fourth-order valence-electron chi connectivity index (χ4n) is 1.22. The van der Waals surface area contributed by atoms with Gasteiger partial charge in [-0.25, -0.2) is 0 Å². The van der Waals surface area contributed by atoms with Crippen LogP contribution in [0, 0.1) is 0 Å². The van der Waals surface area contributed by atoms with E-state index in [-0.39, 0.29) is 6.04 Å². The molecule has 0 fully saturated rings. The molecule has 0 aromatic rings. The van der Waals surface area contributed by atoms with Gasteiger partial charge >= 0.3 is 0 Å². The van der Waals surface area contributed by atoms with E-state index >= 15 is 0 Å². The molecule has 0 spiro atoms. The Morgan fingerprint density at radius 1 is 1.46 bits per heavy atom. The van der Waals surface area contributed by atoms with Crippen molar-refractivity contribution in [2.24, 2.45) is 11.5 Å². The lowest BCUT2D eigenvalue weighted by atomic mass is 10.0. The molecule has 0 aliphatic rings. The average Bonchev–Trinajstić information content (AvgIpc) is 2.13. The molecule has 4 N–H and O–H groups in total. The van der Waals surface area contributed by atoms with Crippen molar-refractivity contribution in [2.75, 3.05) is 6.54 Å². The van der Waals surface area contributed by atoms with E-state index in [4.69, 9.17) is 17.0 Å². The van der Waals surface area contributed by atoms with Gasteiger partial charge in [0.1, 0.15) is 0 Å². The lowest BCUT2D eigenvalue weighted by molar-refractivity contribution is -0.0112. The molecule has 0 aliphatic carbocycles. The van der Waals surface area contributed by atoms with Gasteiger partial charge in [-0.2, -0.15) is 4.79 Å². The number of rotatable bonds is 7. The van der Waals surface area contributed by atoms with Crippen LogP contribution in [0.2, 0.25) is 0 Å². The van der Waals surface area contributed by atoms with Crippen LogP contribution in [0.15, 0.2) is 0 Å². The highest BCUT2D eigenvalue weighted by Crippen LogP contribution is 2.03. The first-order valence-electron chi connectivity index (χ1n) is 4.90.